The zero-order chi connectivity index (χ0) is 8.55. The molecule has 2 rings (SSSR count). The van der Waals surface area contributed by atoms with Crippen molar-refractivity contribution in [2.24, 2.45) is 0 Å². The van der Waals surface area contributed by atoms with Gasteiger partial charge in [0, 0.05) is 19.5 Å². The molecular weight excluding hydrogens is 156 g/mol. The first-order valence-corrected chi connectivity index (χ1v) is 3.85. The first-order valence-electron chi connectivity index (χ1n) is 3.85. The minimum atomic E-state index is -0.121. The van der Waals surface area contributed by atoms with Crippen molar-refractivity contribution < 1.29 is 0 Å². The predicted octanol–water partition coefficient (Wildman–Crippen LogP) is -1.00. The topological polar surface area (TPSA) is 83.8 Å². The molecule has 5 heteroatoms. The third kappa shape index (κ3) is 1.08. The molecule has 0 unspecified atom stereocenters. The third-order valence-corrected chi connectivity index (χ3v) is 1.96. The second-order valence-electron chi connectivity index (χ2n) is 2.80. The molecule has 1 aliphatic rings. The van der Waals surface area contributed by atoms with Crippen LogP contribution in [0.1, 0.15) is 11.3 Å². The molecule has 5 nitrogen and oxygen atoms in total. The summed E-state index contributed by atoms with van der Waals surface area (Å²) in [5.41, 5.74) is 6.82. The van der Waals surface area contributed by atoms with Gasteiger partial charge in [-0.2, -0.15) is 0 Å². The second-order valence-corrected chi connectivity index (χ2v) is 2.80. The molecule has 64 valence electrons. The lowest BCUT2D eigenvalue weighted by Crippen LogP contribution is -2.31. The smallest absolute Gasteiger partial charge is 0.257 e. The van der Waals surface area contributed by atoms with Crippen molar-refractivity contribution in [1.29, 1.82) is 0 Å². The van der Waals surface area contributed by atoms with Crippen LogP contribution in [0.25, 0.3) is 0 Å². The minimum Gasteiger partial charge on any atom is -0.369 e. The molecule has 1 aromatic heterocycles. The molecule has 0 fully saturated rings. The fourth-order valence-electron chi connectivity index (χ4n) is 1.37. The van der Waals surface area contributed by atoms with Gasteiger partial charge < -0.3 is 11.1 Å². The summed E-state index contributed by atoms with van der Waals surface area (Å²) in [7, 11) is 0. The van der Waals surface area contributed by atoms with E-state index in [1.165, 1.54) is 0 Å². The molecule has 0 radical (unpaired) electrons. The number of aromatic amines is 1. The highest BCUT2D eigenvalue weighted by molar-refractivity contribution is 5.26. The summed E-state index contributed by atoms with van der Waals surface area (Å²) in [6.07, 6.45) is 0.781. The Kier molecular flexibility index (Phi) is 1.58. The van der Waals surface area contributed by atoms with Crippen LogP contribution in [-0.4, -0.2) is 16.5 Å². The van der Waals surface area contributed by atoms with Gasteiger partial charge in [0.2, 0.25) is 5.95 Å². The Morgan fingerprint density at radius 1 is 1.50 bits per heavy atom. The van der Waals surface area contributed by atoms with Crippen LogP contribution in [0.15, 0.2) is 4.79 Å². The average molecular weight is 166 g/mol. The van der Waals surface area contributed by atoms with E-state index >= 15 is 0 Å². The number of rotatable bonds is 0. The van der Waals surface area contributed by atoms with E-state index in [2.05, 4.69) is 15.3 Å². The Morgan fingerprint density at radius 3 is 3.17 bits per heavy atom. The van der Waals surface area contributed by atoms with Gasteiger partial charge in [0.25, 0.3) is 5.56 Å². The van der Waals surface area contributed by atoms with E-state index in [1.54, 1.807) is 0 Å². The van der Waals surface area contributed by atoms with Gasteiger partial charge in [-0.05, 0) is 0 Å². The Balaban J connectivity index is 2.60. The Bertz CT molecular complexity index is 357. The molecule has 0 amide bonds. The highest BCUT2D eigenvalue weighted by atomic mass is 16.1. The zero-order valence-electron chi connectivity index (χ0n) is 6.55. The van der Waals surface area contributed by atoms with Crippen LogP contribution < -0.4 is 16.6 Å². The zero-order valence-corrected chi connectivity index (χ0v) is 6.55. The summed E-state index contributed by atoms with van der Waals surface area (Å²) in [6, 6.07) is 0. The quantitative estimate of drug-likeness (QED) is 0.461. The fourth-order valence-corrected chi connectivity index (χ4v) is 1.37. The van der Waals surface area contributed by atoms with Crippen molar-refractivity contribution in [1.82, 2.24) is 15.3 Å². The average Bonchev–Trinajstić information content (AvgIpc) is 2.04. The number of nitrogens with two attached hydrogens (primary N) is 1. The standard InChI is InChI=1S/C7H10N4O/c8-7-10-5-1-2-9-3-4(5)6(12)11-7/h9H,1-3H2,(H3,8,10,11,12). The molecule has 2 heterocycles. The molecular formula is C7H10N4O. The van der Waals surface area contributed by atoms with Gasteiger partial charge >= 0.3 is 0 Å². The summed E-state index contributed by atoms with van der Waals surface area (Å²) in [5.74, 6) is 0.209. The van der Waals surface area contributed by atoms with E-state index in [-0.39, 0.29) is 11.5 Å². The highest BCUT2D eigenvalue weighted by Gasteiger charge is 2.13. The molecule has 0 aromatic carbocycles. The summed E-state index contributed by atoms with van der Waals surface area (Å²) >= 11 is 0. The Labute approximate surface area is 69.0 Å². The second kappa shape index (κ2) is 2.60. The van der Waals surface area contributed by atoms with Crippen LogP contribution in [0.5, 0.6) is 0 Å². The van der Waals surface area contributed by atoms with Gasteiger partial charge in [-0.3, -0.25) is 9.78 Å². The number of anilines is 1. The third-order valence-electron chi connectivity index (χ3n) is 1.96. The van der Waals surface area contributed by atoms with Gasteiger partial charge in [-0.25, -0.2) is 4.98 Å². The highest BCUT2D eigenvalue weighted by Crippen LogP contribution is 2.06. The lowest BCUT2D eigenvalue weighted by molar-refractivity contribution is 0.622. The van der Waals surface area contributed by atoms with Crippen LogP contribution in [-0.2, 0) is 13.0 Å². The van der Waals surface area contributed by atoms with Crippen LogP contribution >= 0.6 is 0 Å². The maximum Gasteiger partial charge on any atom is 0.257 e. The number of H-pyrrole nitrogens is 1. The lowest BCUT2D eigenvalue weighted by atomic mass is 10.1. The van der Waals surface area contributed by atoms with Crippen molar-refractivity contribution in [3.8, 4) is 0 Å². The van der Waals surface area contributed by atoms with Gasteiger partial charge in [0.1, 0.15) is 0 Å². The Hall–Kier alpha value is -1.36. The molecule has 0 spiro atoms. The van der Waals surface area contributed by atoms with Gasteiger partial charge in [-0.15, -0.1) is 0 Å². The number of nitrogens with zero attached hydrogens (tertiary/aromatic N) is 1. The first kappa shape index (κ1) is 7.30. The molecule has 1 aliphatic heterocycles. The molecule has 1 aromatic rings. The van der Waals surface area contributed by atoms with Crippen LogP contribution in [0, 0.1) is 0 Å². The van der Waals surface area contributed by atoms with Gasteiger partial charge in [-0.1, -0.05) is 0 Å². The van der Waals surface area contributed by atoms with Crippen LogP contribution in [0.3, 0.4) is 0 Å². The summed E-state index contributed by atoms with van der Waals surface area (Å²) in [4.78, 5) is 17.8. The summed E-state index contributed by atoms with van der Waals surface area (Å²) < 4.78 is 0. The van der Waals surface area contributed by atoms with E-state index < -0.39 is 0 Å². The monoisotopic (exact) mass is 166 g/mol. The molecule has 0 aliphatic carbocycles. The molecule has 12 heavy (non-hydrogen) atoms. The maximum atomic E-state index is 11.3. The van der Waals surface area contributed by atoms with Gasteiger partial charge in [0.15, 0.2) is 0 Å². The van der Waals surface area contributed by atoms with Crippen molar-refractivity contribution >= 4 is 5.95 Å². The van der Waals surface area contributed by atoms with Crippen LogP contribution in [0.4, 0.5) is 5.95 Å². The van der Waals surface area contributed by atoms with Crippen molar-refractivity contribution in [2.75, 3.05) is 12.3 Å². The number of nitrogens with one attached hydrogen (secondary N) is 2. The van der Waals surface area contributed by atoms with Crippen LogP contribution in [0.2, 0.25) is 0 Å². The maximum absolute atomic E-state index is 11.3. The van der Waals surface area contributed by atoms with E-state index in [4.69, 9.17) is 5.73 Å². The number of hydrogen-bond donors (Lipinski definition) is 3. The van der Waals surface area contributed by atoms with E-state index in [0.29, 0.717) is 6.54 Å². The predicted molar refractivity (Wildman–Crippen MR) is 44.7 cm³/mol. The molecule has 0 atom stereocenters. The van der Waals surface area contributed by atoms with E-state index in [1.807, 2.05) is 0 Å². The fraction of sp³-hybridized carbons (Fsp3) is 0.429. The number of fused-ring (bicyclic) bond motifs is 1. The van der Waals surface area contributed by atoms with E-state index in [0.717, 1.165) is 24.2 Å². The summed E-state index contributed by atoms with van der Waals surface area (Å²) in [6.45, 7) is 1.46. The molecule has 4 N–H and O–H groups in total. The first-order chi connectivity index (χ1) is 5.77. The minimum absolute atomic E-state index is 0.121. The van der Waals surface area contributed by atoms with Crippen molar-refractivity contribution in [3.63, 3.8) is 0 Å². The largest absolute Gasteiger partial charge is 0.369 e. The van der Waals surface area contributed by atoms with E-state index in [9.17, 15) is 4.79 Å². The lowest BCUT2D eigenvalue weighted by Gasteiger charge is -2.14. The normalized spacial score (nSPS) is 15.7. The number of nitrogen functional groups attached to an aromatic ring is 1. The number of aromatic nitrogens is 2. The molecule has 0 saturated heterocycles. The van der Waals surface area contributed by atoms with Gasteiger partial charge in [0.05, 0.1) is 11.3 Å². The molecule has 0 bridgehead atoms. The SMILES string of the molecule is Nc1nc2c(c(=O)[nH]1)CNCC2. The summed E-state index contributed by atoms with van der Waals surface area (Å²) in [5, 5.41) is 3.10. The number of hydrogen-bond acceptors (Lipinski definition) is 4. The molecule has 0 saturated carbocycles. The van der Waals surface area contributed by atoms with Crippen molar-refractivity contribution in [3.05, 3.63) is 21.6 Å². The van der Waals surface area contributed by atoms with Crippen molar-refractivity contribution in [2.45, 2.75) is 13.0 Å². The Morgan fingerprint density at radius 2 is 2.33 bits per heavy atom.